The zero-order valence-electron chi connectivity index (χ0n) is 16.3. The van der Waals surface area contributed by atoms with Crippen molar-refractivity contribution in [3.8, 4) is 0 Å². The number of carbonyl (C=O) groups excluding carboxylic acids is 1. The van der Waals surface area contributed by atoms with Crippen molar-refractivity contribution in [2.24, 2.45) is 0 Å². The number of pyridine rings is 1. The van der Waals surface area contributed by atoms with Crippen molar-refractivity contribution in [3.63, 3.8) is 0 Å². The second-order valence-corrected chi connectivity index (χ2v) is 7.41. The van der Waals surface area contributed by atoms with Gasteiger partial charge in [0.2, 0.25) is 0 Å². The molecule has 0 N–H and O–H groups in total. The average molecular weight is 369 g/mol. The van der Waals surface area contributed by atoms with Crippen LogP contribution in [0.1, 0.15) is 29.6 Å². The number of likely N-dealkylation sites (tertiary alicyclic amines) is 1. The number of amides is 1. The number of nitrogens with zero attached hydrogens (tertiary/aromatic N) is 5. The molecule has 4 heterocycles. The van der Waals surface area contributed by atoms with Crippen molar-refractivity contribution < 1.29 is 9.53 Å². The zero-order valence-corrected chi connectivity index (χ0v) is 16.3. The quantitative estimate of drug-likeness (QED) is 0.781. The molecule has 0 unspecified atom stereocenters. The second kappa shape index (κ2) is 7.31. The van der Waals surface area contributed by atoms with Crippen molar-refractivity contribution >= 4 is 6.09 Å². The van der Waals surface area contributed by atoms with Crippen molar-refractivity contribution in [3.05, 3.63) is 47.0 Å². The van der Waals surface area contributed by atoms with Crippen molar-refractivity contribution in [2.75, 3.05) is 19.6 Å². The lowest BCUT2D eigenvalue weighted by Crippen LogP contribution is -2.39. The van der Waals surface area contributed by atoms with Crippen LogP contribution >= 0.6 is 0 Å². The molecule has 0 saturated carbocycles. The van der Waals surface area contributed by atoms with Crippen LogP contribution < -0.4 is 0 Å². The molecule has 4 rings (SSSR count). The first-order valence-corrected chi connectivity index (χ1v) is 9.69. The number of carbonyl (C=O) groups is 1. The summed E-state index contributed by atoms with van der Waals surface area (Å²) in [6.07, 6.45) is 2.31. The number of hydrogen-bond donors (Lipinski definition) is 0. The number of fused-ring (bicyclic) bond motifs is 1. The van der Waals surface area contributed by atoms with E-state index in [2.05, 4.69) is 40.4 Å². The highest BCUT2D eigenvalue weighted by atomic mass is 16.6. The molecule has 7 nitrogen and oxygen atoms in total. The van der Waals surface area contributed by atoms with E-state index < -0.39 is 0 Å². The Labute approximate surface area is 159 Å². The van der Waals surface area contributed by atoms with Gasteiger partial charge in [0.1, 0.15) is 6.10 Å². The van der Waals surface area contributed by atoms with Gasteiger partial charge in [0, 0.05) is 62.3 Å². The molecule has 1 amide bonds. The first-order valence-electron chi connectivity index (χ1n) is 9.69. The van der Waals surface area contributed by atoms with Gasteiger partial charge in [-0.1, -0.05) is 6.07 Å². The topological polar surface area (TPSA) is 63.5 Å². The van der Waals surface area contributed by atoms with E-state index in [4.69, 9.17) is 4.74 Å². The van der Waals surface area contributed by atoms with Crippen LogP contribution in [0.15, 0.2) is 24.4 Å². The summed E-state index contributed by atoms with van der Waals surface area (Å²) in [6.45, 7) is 10.3. The number of aromatic nitrogens is 3. The van der Waals surface area contributed by atoms with E-state index in [-0.39, 0.29) is 18.2 Å². The minimum Gasteiger partial charge on any atom is -0.442 e. The van der Waals surface area contributed by atoms with Crippen molar-refractivity contribution in [1.29, 1.82) is 0 Å². The Bertz CT molecular complexity index is 819. The van der Waals surface area contributed by atoms with Crippen LogP contribution in [0.3, 0.4) is 0 Å². The van der Waals surface area contributed by atoms with E-state index in [1.165, 1.54) is 11.3 Å². The minimum atomic E-state index is -0.188. The minimum absolute atomic E-state index is 0.0388. The van der Waals surface area contributed by atoms with Crippen LogP contribution in [0.2, 0.25) is 0 Å². The van der Waals surface area contributed by atoms with E-state index in [1.807, 2.05) is 23.1 Å². The molecule has 2 aromatic rings. The van der Waals surface area contributed by atoms with Gasteiger partial charge in [-0.25, -0.2) is 4.79 Å². The molecule has 0 bridgehead atoms. The van der Waals surface area contributed by atoms with E-state index in [0.717, 1.165) is 44.0 Å². The van der Waals surface area contributed by atoms with Gasteiger partial charge >= 0.3 is 6.09 Å². The molecule has 0 aromatic carbocycles. The summed E-state index contributed by atoms with van der Waals surface area (Å²) in [5, 5.41) is 4.62. The van der Waals surface area contributed by atoms with Crippen LogP contribution in [-0.4, -0.2) is 62.4 Å². The van der Waals surface area contributed by atoms with Gasteiger partial charge in [0.25, 0.3) is 0 Å². The third kappa shape index (κ3) is 3.43. The molecular weight excluding hydrogens is 342 g/mol. The molecule has 2 aromatic heterocycles. The molecule has 2 fully saturated rings. The predicted molar refractivity (Wildman–Crippen MR) is 101 cm³/mol. The molecule has 2 saturated heterocycles. The highest BCUT2D eigenvalue weighted by Gasteiger charge is 2.47. The van der Waals surface area contributed by atoms with Crippen molar-refractivity contribution in [2.45, 2.75) is 52.4 Å². The fourth-order valence-electron chi connectivity index (χ4n) is 4.24. The molecule has 2 aliphatic heterocycles. The van der Waals surface area contributed by atoms with Crippen LogP contribution in [0, 0.1) is 13.8 Å². The van der Waals surface area contributed by atoms with Gasteiger partial charge in [0.15, 0.2) is 0 Å². The van der Waals surface area contributed by atoms with Gasteiger partial charge in [-0.15, -0.1) is 0 Å². The Morgan fingerprint density at radius 3 is 2.81 bits per heavy atom. The standard InChI is InChI=1S/C20H27N5O2/c1-4-25-15(3)17(14(2)22-25)11-23-12-18-19(13-23)27-20(26)24(18)10-8-16-7-5-6-9-21-16/h5-7,9,18-19H,4,8,10-13H2,1-3H3/t18-,19+/m1/s1. The normalized spacial score (nSPS) is 22.3. The molecule has 7 heteroatoms. The summed E-state index contributed by atoms with van der Waals surface area (Å²) >= 11 is 0. The van der Waals surface area contributed by atoms with E-state index >= 15 is 0 Å². The van der Waals surface area contributed by atoms with Crippen LogP contribution in [0.4, 0.5) is 4.79 Å². The largest absolute Gasteiger partial charge is 0.442 e. The zero-order chi connectivity index (χ0) is 19.0. The molecule has 144 valence electrons. The monoisotopic (exact) mass is 369 g/mol. The first kappa shape index (κ1) is 18.0. The third-order valence-electron chi connectivity index (χ3n) is 5.75. The van der Waals surface area contributed by atoms with Gasteiger partial charge in [0.05, 0.1) is 11.7 Å². The Morgan fingerprint density at radius 2 is 2.11 bits per heavy atom. The molecule has 2 aliphatic rings. The lowest BCUT2D eigenvalue weighted by atomic mass is 10.2. The van der Waals surface area contributed by atoms with E-state index in [0.29, 0.717) is 6.54 Å². The lowest BCUT2D eigenvalue weighted by molar-refractivity contribution is 0.120. The SMILES string of the molecule is CCn1nc(C)c(CN2C[C@@H]3OC(=O)N(CCc4ccccn4)[C@@H]3C2)c1C. The molecular formula is C20H27N5O2. The molecule has 27 heavy (non-hydrogen) atoms. The maximum Gasteiger partial charge on any atom is 0.410 e. The summed E-state index contributed by atoms with van der Waals surface area (Å²) in [5.74, 6) is 0. The highest BCUT2D eigenvalue weighted by molar-refractivity contribution is 5.71. The average Bonchev–Trinajstić information content (AvgIpc) is 3.27. The molecule has 0 aliphatic carbocycles. The van der Waals surface area contributed by atoms with Gasteiger partial charge < -0.3 is 4.74 Å². The maximum absolute atomic E-state index is 12.3. The first-order chi connectivity index (χ1) is 13.1. The fraction of sp³-hybridized carbons (Fsp3) is 0.550. The number of hydrogen-bond acceptors (Lipinski definition) is 5. The lowest BCUT2D eigenvalue weighted by Gasteiger charge is -2.22. The fourth-order valence-corrected chi connectivity index (χ4v) is 4.24. The summed E-state index contributed by atoms with van der Waals surface area (Å²) in [7, 11) is 0. The van der Waals surface area contributed by atoms with Crippen LogP contribution in [0.5, 0.6) is 0 Å². The Kier molecular flexibility index (Phi) is 4.86. The maximum atomic E-state index is 12.3. The third-order valence-corrected chi connectivity index (χ3v) is 5.75. The summed E-state index contributed by atoms with van der Waals surface area (Å²) in [4.78, 5) is 20.9. The van der Waals surface area contributed by atoms with Crippen LogP contribution in [-0.2, 0) is 24.2 Å². The Hall–Kier alpha value is -2.41. The molecule has 0 radical (unpaired) electrons. The van der Waals surface area contributed by atoms with E-state index in [9.17, 15) is 4.79 Å². The molecule has 2 atom stereocenters. The smallest absolute Gasteiger partial charge is 0.410 e. The predicted octanol–water partition coefficient (Wildman–Crippen LogP) is 2.16. The summed E-state index contributed by atoms with van der Waals surface area (Å²) in [5.41, 5.74) is 4.62. The summed E-state index contributed by atoms with van der Waals surface area (Å²) in [6, 6.07) is 6.01. The summed E-state index contributed by atoms with van der Waals surface area (Å²) < 4.78 is 7.70. The highest BCUT2D eigenvalue weighted by Crippen LogP contribution is 2.29. The Morgan fingerprint density at radius 1 is 1.26 bits per heavy atom. The van der Waals surface area contributed by atoms with Gasteiger partial charge in [-0.2, -0.15) is 5.10 Å². The van der Waals surface area contributed by atoms with Gasteiger partial charge in [-0.05, 0) is 32.9 Å². The van der Waals surface area contributed by atoms with Crippen LogP contribution in [0.25, 0.3) is 0 Å². The second-order valence-electron chi connectivity index (χ2n) is 7.41. The van der Waals surface area contributed by atoms with E-state index in [1.54, 1.807) is 6.20 Å². The van der Waals surface area contributed by atoms with Gasteiger partial charge in [-0.3, -0.25) is 19.5 Å². The number of rotatable bonds is 6. The van der Waals surface area contributed by atoms with Crippen molar-refractivity contribution in [1.82, 2.24) is 24.6 Å². The number of aryl methyl sites for hydroxylation is 2. The Balaban J connectivity index is 1.41. The molecule has 0 spiro atoms. The number of ether oxygens (including phenoxy) is 1.